The maximum absolute atomic E-state index is 14.0. The Kier molecular flexibility index (Phi) is 13.1. The number of β-lactam (4-membered cyclic amide) rings is 1. The fraction of sp³-hybridized carbons (Fsp3) is 0.188. The lowest BCUT2D eigenvalue weighted by Crippen LogP contribution is -2.70. The molecule has 1 unspecified atom stereocenters. The number of fused-ring (bicyclic) bond motifs is 1. The van der Waals surface area contributed by atoms with Crippen LogP contribution >= 0.6 is 11.8 Å². The van der Waals surface area contributed by atoms with E-state index in [0.29, 0.717) is 16.9 Å². The molecule has 0 radical (unpaired) electrons. The van der Waals surface area contributed by atoms with Gasteiger partial charge in [0.1, 0.15) is 23.2 Å². The van der Waals surface area contributed by atoms with Crippen molar-refractivity contribution >= 4 is 41.4 Å². The van der Waals surface area contributed by atoms with Gasteiger partial charge in [-0.3, -0.25) is 19.3 Å². The summed E-state index contributed by atoms with van der Waals surface area (Å²) in [5, 5.41) is 5.12. The van der Waals surface area contributed by atoms with Crippen molar-refractivity contribution < 1.29 is 33.4 Å². The Morgan fingerprint density at radius 1 is 0.712 bits per heavy atom. The predicted molar refractivity (Wildman–Crippen MR) is 225 cm³/mol. The van der Waals surface area contributed by atoms with Crippen molar-refractivity contribution in [3.8, 4) is 0 Å². The van der Waals surface area contributed by atoms with E-state index >= 15 is 0 Å². The van der Waals surface area contributed by atoms with E-state index in [1.54, 1.807) is 36.4 Å². The van der Waals surface area contributed by atoms with Gasteiger partial charge in [0.15, 0.2) is 12.2 Å². The smallest absolute Gasteiger partial charge is 0.356 e. The lowest BCUT2D eigenvalue weighted by Gasteiger charge is -2.49. The van der Waals surface area contributed by atoms with E-state index in [2.05, 4.69) is 17.2 Å². The number of esters is 2. The molecule has 0 aromatic heterocycles. The molecule has 298 valence electrons. The normalized spacial score (nSPS) is 16.4. The van der Waals surface area contributed by atoms with Crippen molar-refractivity contribution in [3.63, 3.8) is 0 Å². The first-order valence-electron chi connectivity index (χ1n) is 19.4. The first-order chi connectivity index (χ1) is 28.8. The first-order valence-corrected chi connectivity index (χ1v) is 20.4. The Bertz CT molecular complexity index is 2230. The van der Waals surface area contributed by atoms with Crippen LogP contribution in [0.2, 0.25) is 0 Å². The van der Waals surface area contributed by atoms with Crippen LogP contribution in [-0.2, 0) is 28.7 Å². The molecular weight excluding hydrogens is 763 g/mol. The Hall–Kier alpha value is -6.72. The van der Waals surface area contributed by atoms with Gasteiger partial charge in [0.2, 0.25) is 5.91 Å². The second kappa shape index (κ2) is 19.1. The monoisotopic (exact) mass is 805 g/mol. The van der Waals surface area contributed by atoms with E-state index in [1.165, 1.54) is 16.7 Å². The highest BCUT2D eigenvalue weighted by Crippen LogP contribution is 2.42. The highest BCUT2D eigenvalue weighted by molar-refractivity contribution is 8.00. The van der Waals surface area contributed by atoms with Crippen LogP contribution < -0.4 is 10.6 Å². The lowest BCUT2D eigenvalue weighted by molar-refractivity contribution is -0.154. The van der Waals surface area contributed by atoms with E-state index in [4.69, 9.17) is 9.47 Å². The van der Waals surface area contributed by atoms with Crippen molar-refractivity contribution in [2.75, 3.05) is 5.75 Å². The van der Waals surface area contributed by atoms with Gasteiger partial charge in [0.25, 0.3) is 11.8 Å². The minimum absolute atomic E-state index is 0.0363. The Morgan fingerprint density at radius 3 is 1.68 bits per heavy atom. The van der Waals surface area contributed by atoms with Gasteiger partial charge in [-0.2, -0.15) is 0 Å². The Balaban J connectivity index is 1.01. The summed E-state index contributed by atoms with van der Waals surface area (Å²) < 4.78 is 12.2. The van der Waals surface area contributed by atoms with Crippen molar-refractivity contribution in [3.05, 3.63) is 203 Å². The van der Waals surface area contributed by atoms with Crippen LogP contribution in [0.3, 0.4) is 0 Å². The molecule has 2 aliphatic heterocycles. The molecule has 0 bridgehead atoms. The summed E-state index contributed by atoms with van der Waals surface area (Å²) in [5.41, 5.74) is 4.11. The number of nitrogens with one attached hydrogen (secondary N) is 2. The topological polar surface area (TPSA) is 131 Å². The lowest BCUT2D eigenvalue weighted by atomic mass is 10.0. The standard InChI is InChI=1S/C48H43N3O7S/c1-2-32-31-59-46-40(45(54)51(46)41(32)48(56)58-43(35-23-12-5-13-24-35)36-25-14-6-15-26-36)50-39(52)30-18-29-38(49-44(53)37-27-16-7-17-28-37)47(55)57-42(33-19-8-3-9-20-33)34-21-10-4-11-22-34/h2-17,19-28,38,40,42-43,46H,1,18,29-31H2,(H,49,53)(H,50,52)/t38?,40-,46-/m1/s1. The summed E-state index contributed by atoms with van der Waals surface area (Å²) in [7, 11) is 0. The quantitative estimate of drug-likeness (QED) is 0.0777. The summed E-state index contributed by atoms with van der Waals surface area (Å²) in [6.45, 7) is 3.88. The molecule has 5 aromatic carbocycles. The van der Waals surface area contributed by atoms with Crippen LogP contribution in [0.15, 0.2) is 176 Å². The number of allylic oxidation sites excluding steroid dienone is 1. The Morgan fingerprint density at radius 2 is 1.19 bits per heavy atom. The van der Waals surface area contributed by atoms with E-state index < -0.39 is 59.3 Å². The van der Waals surface area contributed by atoms with Gasteiger partial charge in [-0.1, -0.05) is 152 Å². The molecule has 10 nitrogen and oxygen atoms in total. The highest BCUT2D eigenvalue weighted by Gasteiger charge is 2.54. The fourth-order valence-electron chi connectivity index (χ4n) is 7.11. The molecule has 2 aliphatic rings. The molecule has 0 aliphatic carbocycles. The molecule has 0 spiro atoms. The zero-order valence-electron chi connectivity index (χ0n) is 32.1. The van der Waals surface area contributed by atoms with E-state index in [0.717, 1.165) is 22.3 Å². The zero-order chi connectivity index (χ0) is 41.1. The van der Waals surface area contributed by atoms with Crippen LogP contribution in [0.1, 0.15) is 64.1 Å². The number of amides is 3. The molecule has 3 amide bonds. The predicted octanol–water partition coefficient (Wildman–Crippen LogP) is 7.46. The van der Waals surface area contributed by atoms with Gasteiger partial charge < -0.3 is 20.1 Å². The maximum Gasteiger partial charge on any atom is 0.356 e. The third-order valence-electron chi connectivity index (χ3n) is 10.1. The maximum atomic E-state index is 14.0. The number of carbonyl (C=O) groups is 5. The molecule has 1 fully saturated rings. The summed E-state index contributed by atoms with van der Waals surface area (Å²) in [6, 6.07) is 44.0. The number of benzene rings is 5. The van der Waals surface area contributed by atoms with Crippen molar-refractivity contribution in [2.45, 2.75) is 48.9 Å². The Labute approximate surface area is 347 Å². The summed E-state index contributed by atoms with van der Waals surface area (Å²) in [4.78, 5) is 69.6. The van der Waals surface area contributed by atoms with Crippen LogP contribution in [0.5, 0.6) is 0 Å². The number of hydrogen-bond donors (Lipinski definition) is 2. The van der Waals surface area contributed by atoms with Crippen LogP contribution in [0.25, 0.3) is 0 Å². The largest absolute Gasteiger partial charge is 0.451 e. The molecule has 2 N–H and O–H groups in total. The molecule has 3 atom stereocenters. The average Bonchev–Trinajstić information content (AvgIpc) is 3.29. The third-order valence-corrected chi connectivity index (χ3v) is 11.4. The first kappa shape index (κ1) is 40.5. The van der Waals surface area contributed by atoms with Gasteiger partial charge in [-0.05, 0) is 52.8 Å². The summed E-state index contributed by atoms with van der Waals surface area (Å²) >= 11 is 1.42. The number of thioether (sulfide) groups is 1. The van der Waals surface area contributed by atoms with E-state index in [-0.39, 0.29) is 25.0 Å². The minimum atomic E-state index is -1.08. The summed E-state index contributed by atoms with van der Waals surface area (Å²) in [6.07, 6.45) is 0.359. The SMILES string of the molecule is C=CC1=C(C(=O)OC(c2ccccc2)c2ccccc2)N2C(=O)[C@@H](NC(=O)CCCC(NC(=O)c3ccccc3)C(=O)OC(c3ccccc3)c3ccccc3)[C@H]2SC1. The van der Waals surface area contributed by atoms with Crippen molar-refractivity contribution in [1.82, 2.24) is 15.5 Å². The van der Waals surface area contributed by atoms with E-state index in [1.807, 2.05) is 121 Å². The molecule has 5 aromatic rings. The van der Waals surface area contributed by atoms with Crippen molar-refractivity contribution in [2.24, 2.45) is 0 Å². The molecule has 2 heterocycles. The second-order valence-electron chi connectivity index (χ2n) is 14.1. The average molecular weight is 806 g/mol. The van der Waals surface area contributed by atoms with Crippen LogP contribution in [0.4, 0.5) is 0 Å². The fourth-order valence-corrected chi connectivity index (χ4v) is 8.45. The number of rotatable bonds is 16. The van der Waals surface area contributed by atoms with Gasteiger partial charge in [-0.15, -0.1) is 11.8 Å². The van der Waals surface area contributed by atoms with Gasteiger partial charge >= 0.3 is 11.9 Å². The van der Waals surface area contributed by atoms with E-state index in [9.17, 15) is 24.0 Å². The van der Waals surface area contributed by atoms with Gasteiger partial charge in [0, 0.05) is 17.7 Å². The summed E-state index contributed by atoms with van der Waals surface area (Å²) in [5.74, 6) is -2.24. The van der Waals surface area contributed by atoms with Crippen LogP contribution in [0, 0.1) is 0 Å². The number of carbonyl (C=O) groups excluding carboxylic acids is 5. The molecule has 11 heteroatoms. The molecule has 59 heavy (non-hydrogen) atoms. The zero-order valence-corrected chi connectivity index (χ0v) is 33.0. The van der Waals surface area contributed by atoms with Gasteiger partial charge in [-0.25, -0.2) is 9.59 Å². The highest BCUT2D eigenvalue weighted by atomic mass is 32.2. The molecular formula is C48H43N3O7S. The van der Waals surface area contributed by atoms with Gasteiger partial charge in [0.05, 0.1) is 0 Å². The van der Waals surface area contributed by atoms with Crippen LogP contribution in [-0.4, -0.2) is 57.8 Å². The number of nitrogens with zero attached hydrogens (tertiary/aromatic N) is 1. The minimum Gasteiger partial charge on any atom is -0.451 e. The molecule has 7 rings (SSSR count). The number of hydrogen-bond acceptors (Lipinski definition) is 8. The third kappa shape index (κ3) is 9.54. The second-order valence-corrected chi connectivity index (χ2v) is 15.2. The molecule has 0 saturated carbocycles. The van der Waals surface area contributed by atoms with Crippen molar-refractivity contribution in [1.29, 1.82) is 0 Å². The number of ether oxygens (including phenoxy) is 2. The molecule has 1 saturated heterocycles.